The molecule has 0 aliphatic rings. The first-order valence-corrected chi connectivity index (χ1v) is 7.22. The van der Waals surface area contributed by atoms with Crippen LogP contribution in [0.3, 0.4) is 0 Å². The summed E-state index contributed by atoms with van der Waals surface area (Å²) in [5.41, 5.74) is -0.898. The highest BCUT2D eigenvalue weighted by Crippen LogP contribution is 2.29. The van der Waals surface area contributed by atoms with Crippen molar-refractivity contribution in [2.75, 3.05) is 6.61 Å². The fourth-order valence-corrected chi connectivity index (χ4v) is 2.00. The van der Waals surface area contributed by atoms with Gasteiger partial charge in [-0.25, -0.2) is 4.79 Å². The lowest BCUT2D eigenvalue weighted by molar-refractivity contribution is -0.137. The van der Waals surface area contributed by atoms with Gasteiger partial charge >= 0.3 is 12.1 Å². The van der Waals surface area contributed by atoms with E-state index in [1.165, 1.54) is 12.1 Å². The van der Waals surface area contributed by atoms with Crippen molar-refractivity contribution in [3.63, 3.8) is 0 Å². The van der Waals surface area contributed by atoms with Crippen molar-refractivity contribution in [2.45, 2.75) is 45.7 Å². The lowest BCUT2D eigenvalue weighted by atomic mass is 10.0. The van der Waals surface area contributed by atoms with Gasteiger partial charge in [0, 0.05) is 0 Å². The zero-order chi connectivity index (χ0) is 15.9. The summed E-state index contributed by atoms with van der Waals surface area (Å²) in [4.78, 5) is 11.8. The molecule has 1 aromatic carbocycles. The minimum Gasteiger partial charge on any atom is -0.462 e. The summed E-state index contributed by atoms with van der Waals surface area (Å²) in [6.07, 6.45) is -0.486. The summed E-state index contributed by atoms with van der Waals surface area (Å²) < 4.78 is 42.9. The quantitative estimate of drug-likeness (QED) is 0.657. The molecule has 0 bridgehead atoms. The second-order valence-electron chi connectivity index (χ2n) is 5.09. The number of hydrogen-bond acceptors (Lipinski definition) is 2. The van der Waals surface area contributed by atoms with Gasteiger partial charge in [0.05, 0.1) is 17.7 Å². The molecule has 0 aliphatic heterocycles. The van der Waals surface area contributed by atoms with E-state index >= 15 is 0 Å². The average Bonchev–Trinajstić information content (AvgIpc) is 2.46. The average molecular weight is 302 g/mol. The van der Waals surface area contributed by atoms with Gasteiger partial charge in [0.2, 0.25) is 0 Å². The molecule has 0 saturated carbocycles. The molecule has 0 radical (unpaired) electrons. The van der Waals surface area contributed by atoms with Crippen molar-refractivity contribution in [2.24, 2.45) is 5.92 Å². The zero-order valence-corrected chi connectivity index (χ0v) is 12.4. The van der Waals surface area contributed by atoms with E-state index in [0.29, 0.717) is 0 Å². The minimum atomic E-state index is -4.45. The van der Waals surface area contributed by atoms with Crippen LogP contribution in [0.5, 0.6) is 0 Å². The van der Waals surface area contributed by atoms with E-state index < -0.39 is 17.7 Å². The Morgan fingerprint density at radius 1 is 1.29 bits per heavy atom. The molecule has 1 unspecified atom stereocenters. The molecule has 0 fully saturated rings. The molecule has 21 heavy (non-hydrogen) atoms. The van der Waals surface area contributed by atoms with Gasteiger partial charge in [-0.3, -0.25) is 0 Å². The molecule has 5 heteroatoms. The number of carbonyl (C=O) groups is 1. The van der Waals surface area contributed by atoms with E-state index in [1.54, 1.807) is 0 Å². The molecule has 118 valence electrons. The van der Waals surface area contributed by atoms with Crippen LogP contribution < -0.4 is 0 Å². The molecule has 0 aliphatic carbocycles. The number of esters is 1. The van der Waals surface area contributed by atoms with Crippen LogP contribution in [0.2, 0.25) is 0 Å². The summed E-state index contributed by atoms with van der Waals surface area (Å²) in [6.45, 7) is 4.35. The Morgan fingerprint density at radius 3 is 2.57 bits per heavy atom. The monoisotopic (exact) mass is 302 g/mol. The predicted molar refractivity (Wildman–Crippen MR) is 75.0 cm³/mol. The number of carbonyl (C=O) groups excluding carboxylic acids is 1. The topological polar surface area (TPSA) is 26.3 Å². The van der Waals surface area contributed by atoms with E-state index in [4.69, 9.17) is 4.74 Å². The van der Waals surface area contributed by atoms with Gasteiger partial charge in [-0.05, 0) is 30.5 Å². The van der Waals surface area contributed by atoms with E-state index in [0.717, 1.165) is 37.8 Å². The third-order valence-electron chi connectivity index (χ3n) is 3.42. The maximum absolute atomic E-state index is 12.6. The Kier molecular flexibility index (Phi) is 6.72. The first-order chi connectivity index (χ1) is 9.88. The number of hydrogen-bond donors (Lipinski definition) is 0. The summed E-state index contributed by atoms with van der Waals surface area (Å²) in [7, 11) is 0. The Labute approximate surface area is 123 Å². The number of ether oxygens (including phenoxy) is 1. The van der Waals surface area contributed by atoms with Gasteiger partial charge in [-0.2, -0.15) is 13.2 Å². The first-order valence-electron chi connectivity index (χ1n) is 7.22. The van der Waals surface area contributed by atoms with E-state index in [-0.39, 0.29) is 18.1 Å². The summed E-state index contributed by atoms with van der Waals surface area (Å²) in [6, 6.07) is 4.32. The van der Waals surface area contributed by atoms with E-state index in [1.807, 2.05) is 6.92 Å². The summed E-state index contributed by atoms with van der Waals surface area (Å²) in [5.74, 6) is -0.434. The van der Waals surface area contributed by atoms with Crippen molar-refractivity contribution < 1.29 is 22.7 Å². The highest BCUT2D eigenvalue weighted by Gasteiger charge is 2.31. The van der Waals surface area contributed by atoms with Gasteiger partial charge in [0.1, 0.15) is 0 Å². The number of alkyl halides is 3. The van der Waals surface area contributed by atoms with Crippen LogP contribution in [-0.4, -0.2) is 12.6 Å². The normalized spacial score (nSPS) is 13.0. The minimum absolute atomic E-state index is 0.0600. The molecular weight excluding hydrogens is 281 g/mol. The van der Waals surface area contributed by atoms with Gasteiger partial charge in [-0.1, -0.05) is 39.2 Å². The maximum atomic E-state index is 12.6. The Bertz CT molecular complexity index is 455. The number of rotatable bonds is 7. The van der Waals surface area contributed by atoms with Crippen molar-refractivity contribution >= 4 is 5.97 Å². The number of benzene rings is 1. The van der Waals surface area contributed by atoms with Crippen LogP contribution >= 0.6 is 0 Å². The van der Waals surface area contributed by atoms with Gasteiger partial charge in [0.15, 0.2) is 0 Å². The largest absolute Gasteiger partial charge is 0.462 e. The molecule has 0 amide bonds. The molecule has 1 aromatic rings. The van der Waals surface area contributed by atoms with Crippen LogP contribution in [0.4, 0.5) is 13.2 Å². The summed E-state index contributed by atoms with van der Waals surface area (Å²) >= 11 is 0. The van der Waals surface area contributed by atoms with Crippen LogP contribution in [0.1, 0.15) is 55.5 Å². The van der Waals surface area contributed by atoms with Crippen LogP contribution in [0.15, 0.2) is 24.3 Å². The van der Waals surface area contributed by atoms with Crippen LogP contribution in [-0.2, 0) is 10.9 Å². The highest BCUT2D eigenvalue weighted by molar-refractivity contribution is 5.89. The number of halogens is 3. The third kappa shape index (κ3) is 5.78. The lowest BCUT2D eigenvalue weighted by Crippen LogP contribution is -2.15. The Hall–Kier alpha value is -1.52. The van der Waals surface area contributed by atoms with Crippen molar-refractivity contribution in [1.82, 2.24) is 0 Å². The lowest BCUT2D eigenvalue weighted by Gasteiger charge is -2.15. The molecule has 2 nitrogen and oxygen atoms in total. The second kappa shape index (κ2) is 8.05. The van der Waals surface area contributed by atoms with Gasteiger partial charge in [-0.15, -0.1) is 0 Å². The smallest absolute Gasteiger partial charge is 0.416 e. The fraction of sp³-hybridized carbons (Fsp3) is 0.562. The third-order valence-corrected chi connectivity index (χ3v) is 3.42. The Morgan fingerprint density at radius 2 is 2.00 bits per heavy atom. The molecule has 0 saturated heterocycles. The standard InChI is InChI=1S/C16H21F3O2/c1-3-5-7-12(4-2)11-21-15(20)13-8-6-9-14(10-13)16(17,18)19/h6,8-10,12H,3-5,7,11H2,1-2H3. The highest BCUT2D eigenvalue weighted by atomic mass is 19.4. The Balaban J connectivity index is 2.63. The maximum Gasteiger partial charge on any atom is 0.416 e. The van der Waals surface area contributed by atoms with Crippen molar-refractivity contribution in [3.8, 4) is 0 Å². The molecule has 1 rings (SSSR count). The number of unbranched alkanes of at least 4 members (excludes halogenated alkanes) is 1. The van der Waals surface area contributed by atoms with Crippen LogP contribution in [0.25, 0.3) is 0 Å². The van der Waals surface area contributed by atoms with Gasteiger partial charge < -0.3 is 4.74 Å². The van der Waals surface area contributed by atoms with Crippen molar-refractivity contribution in [3.05, 3.63) is 35.4 Å². The fourth-order valence-electron chi connectivity index (χ4n) is 2.00. The molecule has 0 N–H and O–H groups in total. The van der Waals surface area contributed by atoms with Crippen molar-refractivity contribution in [1.29, 1.82) is 0 Å². The van der Waals surface area contributed by atoms with Gasteiger partial charge in [0.25, 0.3) is 0 Å². The summed E-state index contributed by atoms with van der Waals surface area (Å²) in [5, 5.41) is 0. The van der Waals surface area contributed by atoms with Crippen LogP contribution in [0, 0.1) is 5.92 Å². The SMILES string of the molecule is CCCCC(CC)COC(=O)c1cccc(C(F)(F)F)c1. The molecule has 0 heterocycles. The van der Waals surface area contributed by atoms with E-state index in [2.05, 4.69) is 6.92 Å². The molecular formula is C16H21F3O2. The zero-order valence-electron chi connectivity index (χ0n) is 12.4. The van der Waals surface area contributed by atoms with E-state index in [9.17, 15) is 18.0 Å². The first kappa shape index (κ1) is 17.5. The molecule has 0 aromatic heterocycles. The molecule has 0 spiro atoms. The molecule has 1 atom stereocenters. The predicted octanol–water partition coefficient (Wildman–Crippen LogP) is 5.08. The second-order valence-corrected chi connectivity index (χ2v) is 5.09.